The number of rotatable bonds is 13. The van der Waals surface area contributed by atoms with E-state index in [1.165, 1.54) is 13.0 Å². The maximum atomic E-state index is 14.4. The van der Waals surface area contributed by atoms with E-state index >= 15 is 0 Å². The van der Waals surface area contributed by atoms with Gasteiger partial charge in [-0.15, -0.1) is 0 Å². The molecule has 0 saturated carbocycles. The van der Waals surface area contributed by atoms with E-state index in [1.54, 1.807) is 19.9 Å². The minimum Gasteiger partial charge on any atom is -0.363 e. The van der Waals surface area contributed by atoms with E-state index in [-0.39, 0.29) is 13.1 Å². The molecule has 0 aliphatic heterocycles. The summed E-state index contributed by atoms with van der Waals surface area (Å²) >= 11 is 0. The number of allylic oxidation sites excluding steroid dienone is 2. The van der Waals surface area contributed by atoms with Gasteiger partial charge in [0.25, 0.3) is 0 Å². The molecule has 0 bridgehead atoms. The lowest BCUT2D eigenvalue weighted by atomic mass is 10.1. The first-order valence-electron chi connectivity index (χ1n) is 9.85. The minimum atomic E-state index is -5.21. The Morgan fingerprint density at radius 3 is 2.11 bits per heavy atom. The van der Waals surface area contributed by atoms with Crippen molar-refractivity contribution in [1.29, 1.82) is 0 Å². The van der Waals surface area contributed by atoms with Gasteiger partial charge in [0.2, 0.25) is 0 Å². The van der Waals surface area contributed by atoms with Crippen molar-refractivity contribution in [2.45, 2.75) is 33.6 Å². The number of hydrogen-bond donors (Lipinski definition) is 3. The number of phosphoric acid groups is 2. The summed E-state index contributed by atoms with van der Waals surface area (Å²) in [5.41, 5.74) is 7.27. The zero-order chi connectivity index (χ0) is 27.0. The monoisotopic (exact) mass is 546 g/mol. The molecule has 35 heavy (non-hydrogen) atoms. The zero-order valence-electron chi connectivity index (χ0n) is 18.9. The van der Waals surface area contributed by atoms with Crippen LogP contribution in [-0.4, -0.2) is 34.4 Å². The van der Waals surface area contributed by atoms with Crippen LogP contribution in [0.25, 0.3) is 10.4 Å². The van der Waals surface area contributed by atoms with Gasteiger partial charge in [-0.3, -0.25) is 4.52 Å². The number of likely N-dealkylation sites (N-methyl/N-ethyl adjacent to an activating group) is 1. The molecular formula is C18H24F4N4O7P2. The Labute approximate surface area is 198 Å². The molecule has 196 valence electrons. The van der Waals surface area contributed by atoms with E-state index < -0.39 is 56.9 Å². The molecule has 1 atom stereocenters. The highest BCUT2D eigenvalue weighted by molar-refractivity contribution is 7.60. The SMILES string of the molecule is CCN(C/C(C)=C/CC/C(C)=C/COP(=O)(O)OP(=O)(O)O)c1c(F)c(F)c(N=[N+]=[N-])c(F)c1F. The summed E-state index contributed by atoms with van der Waals surface area (Å²) in [6, 6.07) is 0. The van der Waals surface area contributed by atoms with Gasteiger partial charge in [-0.1, -0.05) is 28.4 Å². The molecule has 0 aliphatic rings. The summed E-state index contributed by atoms with van der Waals surface area (Å²) in [4.78, 5) is 29.5. The Morgan fingerprint density at radius 2 is 1.63 bits per heavy atom. The number of nitrogens with zero attached hydrogens (tertiary/aromatic N) is 4. The van der Waals surface area contributed by atoms with Crippen molar-refractivity contribution in [2.75, 3.05) is 24.6 Å². The summed E-state index contributed by atoms with van der Waals surface area (Å²) in [6.07, 6.45) is 3.90. The molecule has 3 N–H and O–H groups in total. The van der Waals surface area contributed by atoms with Crippen LogP contribution in [0.15, 0.2) is 28.4 Å². The summed E-state index contributed by atoms with van der Waals surface area (Å²) in [5, 5.41) is 2.66. The molecule has 1 aromatic carbocycles. The Hall–Kier alpha value is -2.21. The molecule has 0 aliphatic carbocycles. The minimum absolute atomic E-state index is 0.00701. The second-order valence-corrected chi connectivity index (χ2v) is 9.96. The van der Waals surface area contributed by atoms with E-state index in [0.717, 1.165) is 4.90 Å². The molecule has 1 aromatic rings. The van der Waals surface area contributed by atoms with Gasteiger partial charge >= 0.3 is 15.6 Å². The number of hydrogen-bond acceptors (Lipinski definition) is 6. The van der Waals surface area contributed by atoms with Crippen molar-refractivity contribution >= 4 is 27.0 Å². The molecule has 0 fully saturated rings. The Bertz CT molecular complexity index is 1110. The fourth-order valence-corrected chi connectivity index (χ4v) is 4.34. The lowest BCUT2D eigenvalue weighted by molar-refractivity contribution is 0.191. The van der Waals surface area contributed by atoms with Crippen molar-refractivity contribution in [3.8, 4) is 0 Å². The van der Waals surface area contributed by atoms with Gasteiger partial charge < -0.3 is 19.6 Å². The third-order valence-electron chi connectivity index (χ3n) is 4.41. The third-order valence-corrected chi connectivity index (χ3v) is 6.56. The standard InChI is InChI=1S/C18H24F4N4O7P2/c1-4-26(18-15(21)13(19)17(24-25-23)14(20)16(18)22)10-12(3)7-5-6-11(2)8-9-32-35(30,31)33-34(27,28)29/h7-8H,4-6,9-10H2,1-3H3,(H,30,31)(H2,27,28,29)/b11-8+,12-7+. The van der Waals surface area contributed by atoms with Crippen LogP contribution < -0.4 is 4.90 Å². The van der Waals surface area contributed by atoms with Crippen LogP contribution in [0.2, 0.25) is 0 Å². The Balaban J connectivity index is 2.83. The number of halogens is 4. The summed E-state index contributed by atoms with van der Waals surface area (Å²) in [6.45, 7) is 4.25. The van der Waals surface area contributed by atoms with Crippen LogP contribution >= 0.6 is 15.6 Å². The van der Waals surface area contributed by atoms with Gasteiger partial charge in [0.05, 0.1) is 6.61 Å². The van der Waals surface area contributed by atoms with Gasteiger partial charge in [-0.25, -0.2) is 26.7 Å². The van der Waals surface area contributed by atoms with Gasteiger partial charge in [-0.05, 0) is 39.1 Å². The maximum Gasteiger partial charge on any atom is 0.481 e. The van der Waals surface area contributed by atoms with Crippen LogP contribution in [0.3, 0.4) is 0 Å². The van der Waals surface area contributed by atoms with Crippen LogP contribution in [0.4, 0.5) is 28.9 Å². The molecule has 0 amide bonds. The first-order chi connectivity index (χ1) is 16.1. The first kappa shape index (κ1) is 30.8. The van der Waals surface area contributed by atoms with Crippen molar-refractivity contribution < 1.29 is 50.2 Å². The molecule has 0 radical (unpaired) electrons. The van der Waals surface area contributed by atoms with E-state index in [4.69, 9.17) is 15.3 Å². The second-order valence-electron chi connectivity index (χ2n) is 7.13. The molecule has 0 aromatic heterocycles. The molecule has 17 heteroatoms. The summed E-state index contributed by atoms with van der Waals surface area (Å²) in [5.74, 6) is -7.00. The van der Waals surface area contributed by atoms with Gasteiger partial charge in [0, 0.05) is 18.0 Å². The number of anilines is 1. The van der Waals surface area contributed by atoms with Crippen LogP contribution in [0.5, 0.6) is 0 Å². The van der Waals surface area contributed by atoms with Crippen molar-refractivity contribution in [1.82, 2.24) is 0 Å². The zero-order valence-corrected chi connectivity index (χ0v) is 20.6. The van der Waals surface area contributed by atoms with Gasteiger partial charge in [-0.2, -0.15) is 4.31 Å². The maximum absolute atomic E-state index is 14.4. The Morgan fingerprint density at radius 1 is 1.06 bits per heavy atom. The van der Waals surface area contributed by atoms with Crippen molar-refractivity contribution in [3.63, 3.8) is 0 Å². The summed E-state index contributed by atoms with van der Waals surface area (Å²) < 4.78 is 87.1. The molecule has 0 spiro atoms. The second kappa shape index (κ2) is 13.2. The molecule has 0 saturated heterocycles. The van der Waals surface area contributed by atoms with E-state index in [0.29, 0.717) is 24.0 Å². The predicted octanol–water partition coefficient (Wildman–Crippen LogP) is 5.91. The van der Waals surface area contributed by atoms with Crippen LogP contribution in [-0.2, 0) is 18.0 Å². The molecule has 1 rings (SSSR count). The highest BCUT2D eigenvalue weighted by Gasteiger charge is 2.32. The summed E-state index contributed by atoms with van der Waals surface area (Å²) in [7, 11) is -10.2. The average Bonchev–Trinajstić information content (AvgIpc) is 2.72. The van der Waals surface area contributed by atoms with E-state index in [2.05, 4.69) is 18.9 Å². The first-order valence-corrected chi connectivity index (χ1v) is 12.9. The molecule has 11 nitrogen and oxygen atoms in total. The normalized spacial score (nSPS) is 14.5. The quantitative estimate of drug-likeness (QED) is 0.0522. The van der Waals surface area contributed by atoms with Crippen LogP contribution in [0, 0.1) is 23.3 Å². The van der Waals surface area contributed by atoms with Gasteiger partial charge in [0.15, 0.2) is 23.3 Å². The third kappa shape index (κ3) is 9.75. The average molecular weight is 546 g/mol. The predicted molar refractivity (Wildman–Crippen MR) is 119 cm³/mol. The van der Waals surface area contributed by atoms with E-state index in [9.17, 15) is 31.6 Å². The van der Waals surface area contributed by atoms with Crippen LogP contribution in [0.1, 0.15) is 33.6 Å². The Kier molecular flexibility index (Phi) is 11.6. The van der Waals surface area contributed by atoms with Gasteiger partial charge in [0.1, 0.15) is 11.4 Å². The molecular weight excluding hydrogens is 522 g/mol. The topological polar surface area (TPSA) is 165 Å². The molecule has 1 unspecified atom stereocenters. The highest BCUT2D eigenvalue weighted by Crippen LogP contribution is 2.57. The van der Waals surface area contributed by atoms with Crippen molar-refractivity contribution in [2.24, 2.45) is 5.11 Å². The lowest BCUT2D eigenvalue weighted by Gasteiger charge is -2.25. The fraction of sp³-hybridized carbons (Fsp3) is 0.444. The van der Waals surface area contributed by atoms with E-state index in [1.807, 2.05) is 0 Å². The fourth-order valence-electron chi connectivity index (χ4n) is 2.81. The number of benzene rings is 1. The number of azide groups is 1. The smallest absolute Gasteiger partial charge is 0.363 e. The van der Waals surface area contributed by atoms with Crippen molar-refractivity contribution in [3.05, 3.63) is 57.0 Å². The number of phosphoric ester groups is 1. The largest absolute Gasteiger partial charge is 0.481 e. The molecule has 0 heterocycles. The lowest BCUT2D eigenvalue weighted by Crippen LogP contribution is -2.27. The highest BCUT2D eigenvalue weighted by atomic mass is 31.3.